The van der Waals surface area contributed by atoms with Crippen LogP contribution in [0.2, 0.25) is 0 Å². The highest BCUT2D eigenvalue weighted by atomic mass is 16.5. The maximum absolute atomic E-state index is 5.85. The predicted octanol–water partition coefficient (Wildman–Crippen LogP) is 7.36. The summed E-state index contributed by atoms with van der Waals surface area (Å²) in [5.74, 6) is 3.59. The molecule has 0 aromatic heterocycles. The first kappa shape index (κ1) is 20.8. The highest BCUT2D eigenvalue weighted by Crippen LogP contribution is 2.16. The van der Waals surface area contributed by atoms with Crippen molar-refractivity contribution in [2.45, 2.75) is 58.3 Å². The number of ether oxygens (including phenoxy) is 1. The molecule has 0 aliphatic heterocycles. The number of hydrogen-bond donors (Lipinski definition) is 0. The van der Waals surface area contributed by atoms with E-state index in [9.17, 15) is 0 Å². The fraction of sp³-hybridized carbons (Fsp3) is 0.385. The summed E-state index contributed by atoms with van der Waals surface area (Å²) in [6.45, 7) is 3.07. The summed E-state index contributed by atoms with van der Waals surface area (Å²) in [7, 11) is 0. The molecule has 27 heavy (non-hydrogen) atoms. The van der Waals surface area contributed by atoms with Crippen molar-refractivity contribution in [3.05, 3.63) is 65.2 Å². The van der Waals surface area contributed by atoms with Crippen LogP contribution in [0.1, 0.15) is 75.0 Å². The number of rotatable bonds is 12. The SMILES string of the molecule is C#Cc1ccc(/C=C/c2ccc(OCCCCCCCCCC)cc2)cc1. The normalized spacial score (nSPS) is 10.8. The van der Waals surface area contributed by atoms with E-state index in [4.69, 9.17) is 11.2 Å². The summed E-state index contributed by atoms with van der Waals surface area (Å²) in [4.78, 5) is 0. The van der Waals surface area contributed by atoms with Gasteiger partial charge in [0.15, 0.2) is 0 Å². The smallest absolute Gasteiger partial charge is 0.119 e. The average molecular weight is 361 g/mol. The molecule has 0 bridgehead atoms. The number of unbranched alkanes of at least 4 members (excludes halogenated alkanes) is 7. The van der Waals surface area contributed by atoms with Crippen molar-refractivity contribution >= 4 is 12.2 Å². The minimum absolute atomic E-state index is 0.811. The zero-order valence-electron chi connectivity index (χ0n) is 16.6. The van der Waals surface area contributed by atoms with Crippen molar-refractivity contribution in [2.24, 2.45) is 0 Å². The minimum Gasteiger partial charge on any atom is -0.494 e. The van der Waals surface area contributed by atoms with Gasteiger partial charge in [0.2, 0.25) is 0 Å². The molecular weight excluding hydrogens is 328 g/mol. The molecule has 0 fully saturated rings. The van der Waals surface area contributed by atoms with Crippen molar-refractivity contribution in [3.63, 3.8) is 0 Å². The Morgan fingerprint density at radius 2 is 1.26 bits per heavy atom. The predicted molar refractivity (Wildman–Crippen MR) is 118 cm³/mol. The lowest BCUT2D eigenvalue weighted by atomic mass is 10.1. The largest absolute Gasteiger partial charge is 0.494 e. The molecule has 0 unspecified atom stereocenters. The van der Waals surface area contributed by atoms with Crippen LogP contribution in [0.25, 0.3) is 12.2 Å². The first-order valence-corrected chi connectivity index (χ1v) is 10.3. The lowest BCUT2D eigenvalue weighted by molar-refractivity contribution is 0.304. The second-order valence-electron chi connectivity index (χ2n) is 6.99. The molecule has 1 nitrogen and oxygen atoms in total. The van der Waals surface area contributed by atoms with E-state index in [1.807, 2.05) is 36.4 Å². The average Bonchev–Trinajstić information content (AvgIpc) is 2.72. The molecule has 0 amide bonds. The first-order chi connectivity index (χ1) is 13.3. The Morgan fingerprint density at radius 1 is 0.741 bits per heavy atom. The summed E-state index contributed by atoms with van der Waals surface area (Å²) < 4.78 is 5.85. The van der Waals surface area contributed by atoms with Crippen LogP contribution < -0.4 is 4.74 Å². The molecule has 0 heterocycles. The molecule has 0 atom stereocenters. The molecule has 1 heteroatoms. The van der Waals surface area contributed by atoms with Crippen LogP contribution in [0.3, 0.4) is 0 Å². The van der Waals surface area contributed by atoms with E-state index in [0.29, 0.717) is 0 Å². The van der Waals surface area contributed by atoms with Crippen molar-refractivity contribution in [1.29, 1.82) is 0 Å². The zero-order valence-corrected chi connectivity index (χ0v) is 16.6. The molecule has 0 aliphatic carbocycles. The Kier molecular flexibility index (Phi) is 9.90. The molecule has 0 radical (unpaired) electrons. The molecule has 2 rings (SSSR count). The van der Waals surface area contributed by atoms with E-state index < -0.39 is 0 Å². The standard InChI is InChI=1S/C26H32O/c1-3-5-6-7-8-9-10-11-22-27-26-20-18-25(19-21-26)17-16-24-14-12-23(4-2)13-15-24/h2,12-21H,3,5-11,22H2,1H3/b17-16+. The third-order valence-corrected chi connectivity index (χ3v) is 4.69. The van der Waals surface area contributed by atoms with E-state index in [0.717, 1.165) is 35.5 Å². The van der Waals surface area contributed by atoms with Crippen molar-refractivity contribution < 1.29 is 4.74 Å². The van der Waals surface area contributed by atoms with Gasteiger partial charge in [0.05, 0.1) is 6.61 Å². The van der Waals surface area contributed by atoms with Crippen LogP contribution in [-0.4, -0.2) is 6.61 Å². The first-order valence-electron chi connectivity index (χ1n) is 10.3. The molecule has 0 spiro atoms. The maximum Gasteiger partial charge on any atom is 0.119 e. The Morgan fingerprint density at radius 3 is 1.81 bits per heavy atom. The van der Waals surface area contributed by atoms with Crippen LogP contribution in [0.4, 0.5) is 0 Å². The van der Waals surface area contributed by atoms with Crippen molar-refractivity contribution in [3.8, 4) is 18.1 Å². The quantitative estimate of drug-likeness (QED) is 0.218. The maximum atomic E-state index is 5.85. The molecule has 0 saturated carbocycles. The molecule has 0 aliphatic rings. The van der Waals surface area contributed by atoms with Crippen molar-refractivity contribution in [2.75, 3.05) is 6.61 Å². The Hall–Kier alpha value is -2.46. The van der Waals surface area contributed by atoms with Gasteiger partial charge in [0.1, 0.15) is 5.75 Å². The summed E-state index contributed by atoms with van der Waals surface area (Å²) in [5.41, 5.74) is 3.21. The van der Waals surface area contributed by atoms with Gasteiger partial charge in [0.25, 0.3) is 0 Å². The molecule has 2 aromatic carbocycles. The van der Waals surface area contributed by atoms with Crippen LogP contribution in [0.15, 0.2) is 48.5 Å². The fourth-order valence-corrected chi connectivity index (χ4v) is 2.98. The van der Waals surface area contributed by atoms with Gasteiger partial charge in [-0.05, 0) is 41.8 Å². The van der Waals surface area contributed by atoms with Crippen molar-refractivity contribution in [1.82, 2.24) is 0 Å². The minimum atomic E-state index is 0.811. The molecule has 2 aromatic rings. The van der Waals surface area contributed by atoms with Gasteiger partial charge < -0.3 is 4.74 Å². The topological polar surface area (TPSA) is 9.23 Å². The highest BCUT2D eigenvalue weighted by Gasteiger charge is 1.96. The van der Waals surface area contributed by atoms with Gasteiger partial charge in [-0.2, -0.15) is 0 Å². The lowest BCUT2D eigenvalue weighted by Crippen LogP contribution is -1.97. The van der Waals surface area contributed by atoms with Gasteiger partial charge in [-0.1, -0.05) is 94.2 Å². The number of hydrogen-bond acceptors (Lipinski definition) is 1. The third-order valence-electron chi connectivity index (χ3n) is 4.69. The number of terminal acetylenes is 1. The second kappa shape index (κ2) is 12.8. The van der Waals surface area contributed by atoms with E-state index in [2.05, 4.69) is 37.1 Å². The summed E-state index contributed by atoms with van der Waals surface area (Å²) in [6, 6.07) is 16.3. The van der Waals surface area contributed by atoms with Gasteiger partial charge >= 0.3 is 0 Å². The van der Waals surface area contributed by atoms with Crippen LogP contribution in [0, 0.1) is 12.3 Å². The molecule has 142 valence electrons. The lowest BCUT2D eigenvalue weighted by Gasteiger charge is -2.06. The summed E-state index contributed by atoms with van der Waals surface area (Å²) >= 11 is 0. The Bertz CT molecular complexity index is 701. The van der Waals surface area contributed by atoms with E-state index in [-0.39, 0.29) is 0 Å². The third kappa shape index (κ3) is 8.65. The summed E-state index contributed by atoms with van der Waals surface area (Å²) in [6.07, 6.45) is 20.2. The summed E-state index contributed by atoms with van der Waals surface area (Å²) in [5, 5.41) is 0. The Balaban J connectivity index is 1.64. The van der Waals surface area contributed by atoms with Gasteiger partial charge in [-0.25, -0.2) is 0 Å². The molecule has 0 N–H and O–H groups in total. The molecular formula is C26H32O. The monoisotopic (exact) mass is 360 g/mol. The van der Waals surface area contributed by atoms with Gasteiger partial charge in [0, 0.05) is 5.56 Å². The van der Waals surface area contributed by atoms with Crippen LogP contribution in [0.5, 0.6) is 5.75 Å². The van der Waals surface area contributed by atoms with Gasteiger partial charge in [-0.3, -0.25) is 0 Å². The number of benzene rings is 2. The second-order valence-corrected chi connectivity index (χ2v) is 6.99. The van der Waals surface area contributed by atoms with E-state index >= 15 is 0 Å². The highest BCUT2D eigenvalue weighted by molar-refractivity contribution is 5.70. The van der Waals surface area contributed by atoms with E-state index in [1.165, 1.54) is 44.9 Å². The van der Waals surface area contributed by atoms with Gasteiger partial charge in [-0.15, -0.1) is 6.42 Å². The van der Waals surface area contributed by atoms with Crippen LogP contribution in [-0.2, 0) is 0 Å². The fourth-order valence-electron chi connectivity index (χ4n) is 2.98. The molecule has 0 saturated heterocycles. The Labute approximate surface area is 165 Å². The zero-order chi connectivity index (χ0) is 19.2. The van der Waals surface area contributed by atoms with E-state index in [1.54, 1.807) is 0 Å². The van der Waals surface area contributed by atoms with Crippen LogP contribution >= 0.6 is 0 Å².